The van der Waals surface area contributed by atoms with Crippen molar-refractivity contribution in [3.63, 3.8) is 0 Å². The van der Waals surface area contributed by atoms with Crippen LogP contribution in [0.4, 0.5) is 5.82 Å². The van der Waals surface area contributed by atoms with Crippen LogP contribution in [0.1, 0.15) is 34.3 Å². The monoisotopic (exact) mass is 581 g/mol. The maximum absolute atomic E-state index is 13.5. The molecule has 2 aromatic carbocycles. The van der Waals surface area contributed by atoms with E-state index in [9.17, 15) is 14.9 Å². The summed E-state index contributed by atoms with van der Waals surface area (Å²) in [5.74, 6) is 0.489. The van der Waals surface area contributed by atoms with Gasteiger partial charge in [-0.05, 0) is 54.3 Å². The molecule has 2 amide bonds. The molecule has 5 rings (SSSR count). The number of carbonyl (C=O) groups is 2. The number of piperazine rings is 1. The molecule has 3 aromatic rings. The highest BCUT2D eigenvalue weighted by molar-refractivity contribution is 6.35. The molecule has 7 nitrogen and oxygen atoms in total. The third kappa shape index (κ3) is 5.17. The number of anilines is 1. The summed E-state index contributed by atoms with van der Waals surface area (Å²) in [6.07, 6.45) is 3.24. The molecule has 0 radical (unpaired) electrons. The van der Waals surface area contributed by atoms with Crippen LogP contribution in [0, 0.1) is 11.3 Å². The van der Waals surface area contributed by atoms with Gasteiger partial charge < -0.3 is 14.7 Å². The zero-order valence-corrected chi connectivity index (χ0v) is 23.8. The first-order valence-corrected chi connectivity index (χ1v) is 13.7. The van der Waals surface area contributed by atoms with Crippen molar-refractivity contribution in [1.82, 2.24) is 14.8 Å². The van der Waals surface area contributed by atoms with Crippen molar-refractivity contribution in [3.8, 4) is 17.2 Å². The van der Waals surface area contributed by atoms with Gasteiger partial charge in [0, 0.05) is 62.1 Å². The van der Waals surface area contributed by atoms with Gasteiger partial charge in [-0.1, -0.05) is 46.9 Å². The topological polar surface area (TPSA) is 80.5 Å². The van der Waals surface area contributed by atoms with Crippen molar-refractivity contribution >= 4 is 52.4 Å². The average molecular weight is 583 g/mol. The van der Waals surface area contributed by atoms with Gasteiger partial charge in [0.1, 0.15) is 11.9 Å². The van der Waals surface area contributed by atoms with E-state index in [0.29, 0.717) is 58.2 Å². The predicted molar refractivity (Wildman–Crippen MR) is 154 cm³/mol. The van der Waals surface area contributed by atoms with Crippen molar-refractivity contribution in [2.24, 2.45) is 0 Å². The van der Waals surface area contributed by atoms with Crippen LogP contribution in [0.2, 0.25) is 15.1 Å². The fourth-order valence-electron chi connectivity index (χ4n) is 5.08. The molecule has 39 heavy (non-hydrogen) atoms. The van der Waals surface area contributed by atoms with Gasteiger partial charge in [0.25, 0.3) is 5.91 Å². The summed E-state index contributed by atoms with van der Waals surface area (Å²) in [5, 5.41) is 11.3. The Bertz CT molecular complexity index is 1510. The minimum atomic E-state index is -0.574. The number of pyridine rings is 1. The quantitative estimate of drug-likeness (QED) is 0.388. The summed E-state index contributed by atoms with van der Waals surface area (Å²) in [6, 6.07) is 14.5. The molecule has 0 N–H and O–H groups in total. The Morgan fingerprint density at radius 2 is 1.67 bits per heavy atom. The first-order valence-electron chi connectivity index (χ1n) is 12.6. The van der Waals surface area contributed by atoms with E-state index >= 15 is 0 Å². The maximum atomic E-state index is 13.5. The van der Waals surface area contributed by atoms with E-state index < -0.39 is 5.41 Å². The van der Waals surface area contributed by atoms with Crippen LogP contribution in [-0.4, -0.2) is 66.9 Å². The van der Waals surface area contributed by atoms with Crippen molar-refractivity contribution in [1.29, 1.82) is 5.26 Å². The summed E-state index contributed by atoms with van der Waals surface area (Å²) >= 11 is 18.9. The molecule has 200 valence electrons. The summed E-state index contributed by atoms with van der Waals surface area (Å²) in [6.45, 7) is 2.17. The first kappa shape index (κ1) is 27.3. The zero-order valence-electron chi connectivity index (χ0n) is 21.5. The summed E-state index contributed by atoms with van der Waals surface area (Å²) in [4.78, 5) is 35.8. The van der Waals surface area contributed by atoms with Crippen LogP contribution in [0.25, 0.3) is 11.1 Å². The molecule has 0 unspecified atom stereocenters. The van der Waals surface area contributed by atoms with Crippen LogP contribution in [0.15, 0.2) is 48.7 Å². The molecule has 10 heteroatoms. The Labute approximate surface area is 242 Å². The molecule has 1 aliphatic carbocycles. The summed E-state index contributed by atoms with van der Waals surface area (Å²) in [7, 11) is 3.34. The lowest BCUT2D eigenvalue weighted by molar-refractivity contribution is -0.134. The van der Waals surface area contributed by atoms with E-state index in [1.807, 2.05) is 15.9 Å². The second kappa shape index (κ2) is 10.7. The van der Waals surface area contributed by atoms with Crippen molar-refractivity contribution in [2.75, 3.05) is 45.2 Å². The Kier molecular flexibility index (Phi) is 7.47. The third-order valence-electron chi connectivity index (χ3n) is 7.40. The Hall–Kier alpha value is -3.31. The molecule has 1 saturated heterocycles. The number of aromatic nitrogens is 1. The van der Waals surface area contributed by atoms with Gasteiger partial charge in [-0.3, -0.25) is 9.59 Å². The largest absolute Gasteiger partial charge is 0.352 e. The minimum absolute atomic E-state index is 0.0864. The van der Waals surface area contributed by atoms with Gasteiger partial charge in [0.15, 0.2) is 0 Å². The number of rotatable bonds is 5. The van der Waals surface area contributed by atoms with E-state index in [1.165, 1.54) is 4.90 Å². The number of benzene rings is 2. The van der Waals surface area contributed by atoms with Gasteiger partial charge in [-0.15, -0.1) is 0 Å². The van der Waals surface area contributed by atoms with Crippen LogP contribution in [0.3, 0.4) is 0 Å². The number of nitrogens with zero attached hydrogens (tertiary/aromatic N) is 5. The first-order chi connectivity index (χ1) is 18.6. The molecule has 2 fully saturated rings. The Morgan fingerprint density at radius 3 is 2.26 bits per heavy atom. The van der Waals surface area contributed by atoms with E-state index in [4.69, 9.17) is 34.8 Å². The highest BCUT2D eigenvalue weighted by Gasteiger charge is 2.54. The fraction of sp³-hybridized carbons (Fsp3) is 0.310. The zero-order chi connectivity index (χ0) is 27.9. The Balaban J connectivity index is 1.30. The SMILES string of the molecule is CN(C)C(=O)c1ccc(-c2cnc(N3CCN(C(=O)C4(c5ccc(Cl)cc5Cl)CC4)CC3)c(C#N)c2)cc1Cl. The van der Waals surface area contributed by atoms with Crippen LogP contribution in [0.5, 0.6) is 0 Å². The lowest BCUT2D eigenvalue weighted by Gasteiger charge is -2.37. The molecule has 1 aromatic heterocycles. The van der Waals surface area contributed by atoms with Crippen LogP contribution in [-0.2, 0) is 10.2 Å². The normalized spacial score (nSPS) is 16.0. The third-order valence-corrected chi connectivity index (χ3v) is 8.26. The molecule has 1 saturated carbocycles. The van der Waals surface area contributed by atoms with Crippen LogP contribution >= 0.6 is 34.8 Å². The highest BCUT2D eigenvalue weighted by Crippen LogP contribution is 2.52. The predicted octanol–water partition coefficient (Wildman–Crippen LogP) is 5.66. The minimum Gasteiger partial charge on any atom is -0.352 e. The van der Waals surface area contributed by atoms with E-state index in [0.717, 1.165) is 29.5 Å². The van der Waals surface area contributed by atoms with E-state index in [1.54, 1.807) is 56.7 Å². The highest BCUT2D eigenvalue weighted by atomic mass is 35.5. The van der Waals surface area contributed by atoms with Gasteiger partial charge in [0.2, 0.25) is 5.91 Å². The standard InChI is InChI=1S/C29H26Cl3N5O2/c1-35(2)27(38)22-5-3-18(14-24(22)31)20-13-19(16-33)26(34-17-20)36-9-11-37(12-10-36)28(39)29(7-8-29)23-6-4-21(30)15-25(23)32/h3-6,13-15,17H,7-12H2,1-2H3. The van der Waals surface area contributed by atoms with Crippen molar-refractivity contribution in [3.05, 3.63) is 80.4 Å². The average Bonchev–Trinajstić information content (AvgIpc) is 3.73. The van der Waals surface area contributed by atoms with Crippen molar-refractivity contribution < 1.29 is 9.59 Å². The molecule has 2 aliphatic rings. The second-order valence-corrected chi connectivity index (χ2v) is 11.3. The second-order valence-electron chi connectivity index (χ2n) is 10.1. The number of carbonyl (C=O) groups excluding carboxylic acids is 2. The number of amides is 2. The fourth-order valence-corrected chi connectivity index (χ4v) is 5.93. The van der Waals surface area contributed by atoms with Gasteiger partial charge in [0.05, 0.1) is 21.6 Å². The lowest BCUT2D eigenvalue weighted by Crippen LogP contribution is -2.52. The smallest absolute Gasteiger partial charge is 0.254 e. The number of halogens is 3. The number of hydrogen-bond donors (Lipinski definition) is 0. The number of nitriles is 1. The molecular weight excluding hydrogens is 557 g/mol. The molecule has 0 spiro atoms. The van der Waals surface area contributed by atoms with Crippen LogP contribution < -0.4 is 4.90 Å². The van der Waals surface area contributed by atoms with Crippen molar-refractivity contribution in [2.45, 2.75) is 18.3 Å². The molecule has 0 bridgehead atoms. The summed E-state index contributed by atoms with van der Waals surface area (Å²) < 4.78 is 0. The lowest BCUT2D eigenvalue weighted by atomic mass is 9.94. The maximum Gasteiger partial charge on any atom is 0.254 e. The Morgan fingerprint density at radius 1 is 0.949 bits per heavy atom. The van der Waals surface area contributed by atoms with Gasteiger partial charge >= 0.3 is 0 Å². The van der Waals surface area contributed by atoms with E-state index in [-0.39, 0.29) is 11.8 Å². The molecular formula is C29H26Cl3N5O2. The molecule has 1 aliphatic heterocycles. The summed E-state index contributed by atoms with van der Waals surface area (Å²) in [5.41, 5.74) is 2.60. The number of hydrogen-bond acceptors (Lipinski definition) is 5. The molecule has 2 heterocycles. The van der Waals surface area contributed by atoms with Gasteiger partial charge in [-0.2, -0.15) is 5.26 Å². The molecule has 0 atom stereocenters. The van der Waals surface area contributed by atoms with E-state index in [2.05, 4.69) is 11.1 Å². The van der Waals surface area contributed by atoms with Gasteiger partial charge in [-0.25, -0.2) is 4.98 Å².